The second-order valence-corrected chi connectivity index (χ2v) is 9.39. The Kier molecular flexibility index (Phi) is 6.83. The molecule has 0 aromatic heterocycles. The second-order valence-electron chi connectivity index (χ2n) is 9.39. The summed E-state index contributed by atoms with van der Waals surface area (Å²) in [5.41, 5.74) is 1.93. The number of nitrogens with one attached hydrogen (secondary N) is 1. The monoisotopic (exact) mass is 401 g/mol. The van der Waals surface area contributed by atoms with Crippen molar-refractivity contribution < 1.29 is 14.3 Å². The topological polar surface area (TPSA) is 61.9 Å². The van der Waals surface area contributed by atoms with Crippen LogP contribution in [-0.2, 0) is 9.53 Å². The first-order chi connectivity index (χ1) is 13.7. The van der Waals surface area contributed by atoms with Gasteiger partial charge in [-0.15, -0.1) is 0 Å². The average molecular weight is 402 g/mol. The summed E-state index contributed by atoms with van der Waals surface area (Å²) in [6.07, 6.45) is 2.93. The number of amides is 2. The van der Waals surface area contributed by atoms with Crippen LogP contribution in [0.25, 0.3) is 0 Å². The van der Waals surface area contributed by atoms with Gasteiger partial charge in [0.05, 0.1) is 12.6 Å². The summed E-state index contributed by atoms with van der Waals surface area (Å²) >= 11 is 0. The summed E-state index contributed by atoms with van der Waals surface area (Å²) in [5.74, 6) is 0.613. The van der Waals surface area contributed by atoms with Gasteiger partial charge in [0.25, 0.3) is 0 Å². The molecular weight excluding hydrogens is 366 g/mol. The van der Waals surface area contributed by atoms with E-state index in [1.807, 2.05) is 20.8 Å². The van der Waals surface area contributed by atoms with Crippen molar-refractivity contribution in [1.82, 2.24) is 15.1 Å². The molecule has 1 N–H and O–H groups in total. The highest BCUT2D eigenvalue weighted by Crippen LogP contribution is 2.41. The number of benzene rings is 1. The van der Waals surface area contributed by atoms with E-state index < -0.39 is 5.60 Å². The number of hydrogen-bond acceptors (Lipinski definition) is 4. The van der Waals surface area contributed by atoms with Gasteiger partial charge in [-0.05, 0) is 58.4 Å². The molecule has 2 aliphatic rings. The lowest BCUT2D eigenvalue weighted by Crippen LogP contribution is -2.42. The maximum atomic E-state index is 12.8. The third-order valence-corrected chi connectivity index (χ3v) is 5.45. The van der Waals surface area contributed by atoms with Crippen molar-refractivity contribution in [1.29, 1.82) is 0 Å². The van der Waals surface area contributed by atoms with E-state index in [9.17, 15) is 9.59 Å². The molecule has 0 radical (unpaired) electrons. The van der Waals surface area contributed by atoms with E-state index >= 15 is 0 Å². The van der Waals surface area contributed by atoms with Crippen LogP contribution < -0.4 is 5.32 Å². The van der Waals surface area contributed by atoms with Crippen LogP contribution in [0.3, 0.4) is 0 Å². The van der Waals surface area contributed by atoms with Gasteiger partial charge in [0, 0.05) is 26.2 Å². The van der Waals surface area contributed by atoms with Gasteiger partial charge in [0.2, 0.25) is 5.91 Å². The van der Waals surface area contributed by atoms with Gasteiger partial charge in [0.1, 0.15) is 5.60 Å². The Hall–Kier alpha value is -2.08. The zero-order valence-electron chi connectivity index (χ0n) is 18.2. The quantitative estimate of drug-likeness (QED) is 0.820. The largest absolute Gasteiger partial charge is 0.444 e. The van der Waals surface area contributed by atoms with Crippen molar-refractivity contribution in [3.05, 3.63) is 35.4 Å². The van der Waals surface area contributed by atoms with E-state index in [-0.39, 0.29) is 18.0 Å². The van der Waals surface area contributed by atoms with Crippen molar-refractivity contribution in [2.45, 2.75) is 58.6 Å². The number of carbonyl (C=O) groups excluding carboxylic acids is 2. The Morgan fingerprint density at radius 2 is 1.79 bits per heavy atom. The van der Waals surface area contributed by atoms with Gasteiger partial charge in [-0.25, -0.2) is 4.79 Å². The Labute approximate surface area is 174 Å². The van der Waals surface area contributed by atoms with Crippen molar-refractivity contribution in [3.63, 3.8) is 0 Å². The predicted molar refractivity (Wildman–Crippen MR) is 114 cm³/mol. The molecule has 29 heavy (non-hydrogen) atoms. The maximum absolute atomic E-state index is 12.8. The molecule has 1 aromatic rings. The Balaban J connectivity index is 1.51. The minimum Gasteiger partial charge on any atom is -0.444 e. The lowest BCUT2D eigenvalue weighted by Gasteiger charge is -2.26. The van der Waals surface area contributed by atoms with Crippen LogP contribution in [0, 0.1) is 12.8 Å². The van der Waals surface area contributed by atoms with Gasteiger partial charge < -0.3 is 15.0 Å². The molecule has 1 heterocycles. The normalized spacial score (nSPS) is 19.4. The molecule has 6 heteroatoms. The molecule has 0 bridgehead atoms. The zero-order chi connectivity index (χ0) is 21.0. The SMILES string of the molecule is Cc1ccc(C(NC(=O)CN2CCCN(C(=O)OC(C)(C)C)CC2)C2CC2)cc1. The van der Waals surface area contributed by atoms with Crippen molar-refractivity contribution in [3.8, 4) is 0 Å². The van der Waals surface area contributed by atoms with E-state index in [2.05, 4.69) is 41.4 Å². The summed E-state index contributed by atoms with van der Waals surface area (Å²) in [6, 6.07) is 8.58. The number of rotatable bonds is 5. The highest BCUT2D eigenvalue weighted by molar-refractivity contribution is 5.78. The first kappa shape index (κ1) is 21.6. The zero-order valence-corrected chi connectivity index (χ0v) is 18.2. The van der Waals surface area contributed by atoms with Crippen LogP contribution in [0.4, 0.5) is 4.79 Å². The highest BCUT2D eigenvalue weighted by atomic mass is 16.6. The van der Waals surface area contributed by atoms with Gasteiger partial charge in [0.15, 0.2) is 0 Å². The summed E-state index contributed by atoms with van der Waals surface area (Å²) in [5, 5.41) is 3.26. The van der Waals surface area contributed by atoms with Crippen LogP contribution in [0.2, 0.25) is 0 Å². The maximum Gasteiger partial charge on any atom is 0.410 e. The molecule has 2 amide bonds. The Morgan fingerprint density at radius 3 is 2.41 bits per heavy atom. The van der Waals surface area contributed by atoms with Crippen molar-refractivity contribution in [2.75, 3.05) is 32.7 Å². The smallest absolute Gasteiger partial charge is 0.410 e. The van der Waals surface area contributed by atoms with Crippen LogP contribution >= 0.6 is 0 Å². The molecule has 1 unspecified atom stereocenters. The van der Waals surface area contributed by atoms with Gasteiger partial charge in [-0.2, -0.15) is 0 Å². The minimum atomic E-state index is -0.489. The molecule has 0 spiro atoms. The summed E-state index contributed by atoms with van der Waals surface area (Å²) in [7, 11) is 0. The summed E-state index contributed by atoms with van der Waals surface area (Å²) in [6.45, 7) is 10.8. The van der Waals surface area contributed by atoms with Crippen LogP contribution in [0.1, 0.15) is 57.2 Å². The van der Waals surface area contributed by atoms with Crippen molar-refractivity contribution >= 4 is 12.0 Å². The molecule has 1 saturated carbocycles. The second kappa shape index (κ2) is 9.16. The first-order valence-corrected chi connectivity index (χ1v) is 10.8. The van der Waals surface area contributed by atoms with Gasteiger partial charge >= 0.3 is 6.09 Å². The van der Waals surface area contributed by atoms with Gasteiger partial charge in [-0.3, -0.25) is 9.69 Å². The molecule has 1 aliphatic carbocycles. The van der Waals surface area contributed by atoms with E-state index in [1.165, 1.54) is 24.0 Å². The fourth-order valence-electron chi connectivity index (χ4n) is 3.74. The minimum absolute atomic E-state index is 0.0631. The fraction of sp³-hybridized carbons (Fsp3) is 0.652. The standard InChI is InChI=1S/C23H35N3O3/c1-17-6-8-18(9-7-17)21(19-10-11-19)24-20(27)16-25-12-5-13-26(15-14-25)22(28)29-23(2,3)4/h6-9,19,21H,5,10-16H2,1-4H3,(H,24,27). The molecule has 1 aromatic carbocycles. The summed E-state index contributed by atoms with van der Waals surface area (Å²) in [4.78, 5) is 29.0. The third-order valence-electron chi connectivity index (χ3n) is 5.45. The van der Waals surface area contributed by atoms with E-state index in [4.69, 9.17) is 4.74 Å². The molecule has 2 fully saturated rings. The number of nitrogens with zero attached hydrogens (tertiary/aromatic N) is 2. The number of carbonyl (C=O) groups is 2. The molecule has 1 aliphatic heterocycles. The average Bonchev–Trinajstić information content (AvgIpc) is 3.47. The molecule has 160 valence electrons. The van der Waals surface area contributed by atoms with E-state index in [1.54, 1.807) is 4.90 Å². The number of aryl methyl sites for hydroxylation is 1. The van der Waals surface area contributed by atoms with Crippen LogP contribution in [0.5, 0.6) is 0 Å². The highest BCUT2D eigenvalue weighted by Gasteiger charge is 2.33. The van der Waals surface area contributed by atoms with E-state index in [0.717, 1.165) is 13.0 Å². The molecule has 3 rings (SSSR count). The predicted octanol–water partition coefficient (Wildman–Crippen LogP) is 3.51. The Morgan fingerprint density at radius 1 is 1.10 bits per heavy atom. The molecule has 1 atom stereocenters. The van der Waals surface area contributed by atoms with Crippen LogP contribution in [-0.4, -0.2) is 60.1 Å². The number of ether oxygens (including phenoxy) is 1. The fourth-order valence-corrected chi connectivity index (χ4v) is 3.74. The Bertz CT molecular complexity index is 707. The molecule has 6 nitrogen and oxygen atoms in total. The lowest BCUT2D eigenvalue weighted by molar-refractivity contribution is -0.123. The molecule has 1 saturated heterocycles. The first-order valence-electron chi connectivity index (χ1n) is 10.8. The third kappa shape index (κ3) is 6.74. The van der Waals surface area contributed by atoms with Crippen molar-refractivity contribution in [2.24, 2.45) is 5.92 Å². The number of hydrogen-bond donors (Lipinski definition) is 1. The summed E-state index contributed by atoms with van der Waals surface area (Å²) < 4.78 is 5.48. The van der Waals surface area contributed by atoms with Crippen LogP contribution in [0.15, 0.2) is 24.3 Å². The molecular formula is C23H35N3O3. The van der Waals surface area contributed by atoms with E-state index in [0.29, 0.717) is 32.1 Å². The van der Waals surface area contributed by atoms with Gasteiger partial charge in [-0.1, -0.05) is 29.8 Å². The lowest BCUT2D eigenvalue weighted by atomic mass is 10.0.